The van der Waals surface area contributed by atoms with E-state index in [9.17, 15) is 0 Å². The van der Waals surface area contributed by atoms with E-state index in [1.807, 2.05) is 17.9 Å². The summed E-state index contributed by atoms with van der Waals surface area (Å²) in [6.07, 6.45) is 3.87. The Morgan fingerprint density at radius 1 is 1.47 bits per heavy atom. The number of rotatable bonds is 3. The highest BCUT2D eigenvalue weighted by Crippen LogP contribution is 2.25. The first-order chi connectivity index (χ1) is 7.22. The van der Waals surface area contributed by atoms with Crippen LogP contribution in [-0.2, 0) is 13.5 Å². The first-order valence-electron chi connectivity index (χ1n) is 5.02. The van der Waals surface area contributed by atoms with Crippen molar-refractivity contribution in [2.24, 2.45) is 12.8 Å². The smallest absolute Gasteiger partial charge is 0.0955 e. The fourth-order valence-corrected chi connectivity index (χ4v) is 2.52. The summed E-state index contributed by atoms with van der Waals surface area (Å²) in [4.78, 5) is 4.35. The number of aromatic nitrogens is 2. The van der Waals surface area contributed by atoms with Crippen LogP contribution in [0.15, 0.2) is 22.9 Å². The lowest BCUT2D eigenvalue weighted by Crippen LogP contribution is -2.00. The van der Waals surface area contributed by atoms with Gasteiger partial charge in [-0.2, -0.15) is 0 Å². The van der Waals surface area contributed by atoms with E-state index in [0.717, 1.165) is 34.9 Å². The van der Waals surface area contributed by atoms with E-state index in [0.29, 0.717) is 0 Å². The summed E-state index contributed by atoms with van der Waals surface area (Å²) in [5.41, 5.74) is 8.98. The van der Waals surface area contributed by atoms with Crippen molar-refractivity contribution >= 4 is 27.0 Å². The monoisotopic (exact) mass is 267 g/mol. The number of imidazole rings is 1. The van der Waals surface area contributed by atoms with Crippen molar-refractivity contribution < 1.29 is 0 Å². The van der Waals surface area contributed by atoms with Crippen LogP contribution < -0.4 is 5.73 Å². The summed E-state index contributed by atoms with van der Waals surface area (Å²) >= 11 is 3.58. The molecule has 1 aromatic carbocycles. The second-order valence-electron chi connectivity index (χ2n) is 3.69. The van der Waals surface area contributed by atoms with Crippen molar-refractivity contribution in [3.63, 3.8) is 0 Å². The van der Waals surface area contributed by atoms with E-state index >= 15 is 0 Å². The Labute approximate surface area is 97.4 Å². The molecular formula is C11H14BrN3. The highest BCUT2D eigenvalue weighted by Gasteiger charge is 2.06. The van der Waals surface area contributed by atoms with E-state index in [1.165, 1.54) is 5.56 Å². The van der Waals surface area contributed by atoms with Crippen molar-refractivity contribution in [1.82, 2.24) is 9.55 Å². The molecule has 0 saturated carbocycles. The molecule has 0 aliphatic carbocycles. The van der Waals surface area contributed by atoms with Gasteiger partial charge in [-0.3, -0.25) is 0 Å². The number of aryl methyl sites for hydroxylation is 2. The van der Waals surface area contributed by atoms with Gasteiger partial charge in [0.1, 0.15) is 0 Å². The zero-order valence-electron chi connectivity index (χ0n) is 8.70. The average Bonchev–Trinajstić information content (AvgIpc) is 2.58. The van der Waals surface area contributed by atoms with Crippen LogP contribution in [0, 0.1) is 0 Å². The van der Waals surface area contributed by atoms with Gasteiger partial charge in [0.05, 0.1) is 17.4 Å². The molecule has 0 aliphatic rings. The minimum atomic E-state index is 0.734. The highest BCUT2D eigenvalue weighted by atomic mass is 79.9. The molecule has 3 nitrogen and oxygen atoms in total. The third-order valence-corrected chi connectivity index (χ3v) is 3.10. The molecule has 0 saturated heterocycles. The molecule has 0 unspecified atom stereocenters. The predicted octanol–water partition coefficient (Wildman–Crippen LogP) is 2.23. The summed E-state index contributed by atoms with van der Waals surface area (Å²) in [7, 11) is 2.00. The van der Waals surface area contributed by atoms with E-state index in [-0.39, 0.29) is 0 Å². The molecule has 0 amide bonds. The molecule has 0 spiro atoms. The lowest BCUT2D eigenvalue weighted by molar-refractivity contribution is 0.833. The fourth-order valence-electron chi connectivity index (χ4n) is 1.74. The van der Waals surface area contributed by atoms with Crippen molar-refractivity contribution in [3.05, 3.63) is 28.5 Å². The maximum absolute atomic E-state index is 5.50. The molecule has 1 heterocycles. The largest absolute Gasteiger partial charge is 0.333 e. The third kappa shape index (κ3) is 2.06. The first kappa shape index (κ1) is 10.6. The van der Waals surface area contributed by atoms with E-state index in [2.05, 4.69) is 33.0 Å². The van der Waals surface area contributed by atoms with Crippen LogP contribution in [0.5, 0.6) is 0 Å². The zero-order valence-corrected chi connectivity index (χ0v) is 10.3. The summed E-state index contributed by atoms with van der Waals surface area (Å²) in [6.45, 7) is 0.734. The average molecular weight is 268 g/mol. The van der Waals surface area contributed by atoms with Crippen LogP contribution in [-0.4, -0.2) is 16.1 Å². The SMILES string of the molecule is Cn1cnc2cc(CCCN)cc(Br)c21. The van der Waals surface area contributed by atoms with Crippen molar-refractivity contribution in [2.75, 3.05) is 6.54 Å². The molecule has 15 heavy (non-hydrogen) atoms. The van der Waals surface area contributed by atoms with Gasteiger partial charge in [0.2, 0.25) is 0 Å². The van der Waals surface area contributed by atoms with Crippen LogP contribution in [0.2, 0.25) is 0 Å². The minimum absolute atomic E-state index is 0.734. The van der Waals surface area contributed by atoms with Gasteiger partial charge in [0, 0.05) is 11.5 Å². The normalized spacial score (nSPS) is 11.1. The maximum Gasteiger partial charge on any atom is 0.0955 e. The van der Waals surface area contributed by atoms with Crippen LogP contribution in [0.25, 0.3) is 11.0 Å². The van der Waals surface area contributed by atoms with E-state index in [4.69, 9.17) is 5.73 Å². The Hall–Kier alpha value is -0.870. The molecule has 1 aromatic heterocycles. The molecule has 0 atom stereocenters. The summed E-state index contributed by atoms with van der Waals surface area (Å²) < 4.78 is 3.12. The summed E-state index contributed by atoms with van der Waals surface area (Å²) in [5, 5.41) is 0. The van der Waals surface area contributed by atoms with Gasteiger partial charge >= 0.3 is 0 Å². The number of halogens is 1. The molecule has 4 heteroatoms. The van der Waals surface area contributed by atoms with Gasteiger partial charge < -0.3 is 10.3 Å². The molecular weight excluding hydrogens is 254 g/mol. The Morgan fingerprint density at radius 2 is 2.27 bits per heavy atom. The van der Waals surface area contributed by atoms with Crippen molar-refractivity contribution in [2.45, 2.75) is 12.8 Å². The summed E-state index contributed by atoms with van der Waals surface area (Å²) in [6, 6.07) is 4.29. The van der Waals surface area contributed by atoms with Gasteiger partial charge in [-0.15, -0.1) is 0 Å². The number of hydrogen-bond donors (Lipinski definition) is 1. The molecule has 0 bridgehead atoms. The van der Waals surface area contributed by atoms with E-state index in [1.54, 1.807) is 0 Å². The Balaban J connectivity index is 2.44. The Morgan fingerprint density at radius 3 is 3.00 bits per heavy atom. The zero-order chi connectivity index (χ0) is 10.8. The maximum atomic E-state index is 5.50. The molecule has 2 rings (SSSR count). The molecule has 2 N–H and O–H groups in total. The second kappa shape index (κ2) is 4.33. The van der Waals surface area contributed by atoms with Crippen molar-refractivity contribution in [1.29, 1.82) is 0 Å². The van der Waals surface area contributed by atoms with E-state index < -0.39 is 0 Å². The Kier molecular flexibility index (Phi) is 3.07. The van der Waals surface area contributed by atoms with Gasteiger partial charge in [-0.05, 0) is 53.0 Å². The van der Waals surface area contributed by atoms with Crippen LogP contribution in [0.3, 0.4) is 0 Å². The third-order valence-electron chi connectivity index (χ3n) is 2.50. The molecule has 80 valence electrons. The fraction of sp³-hybridized carbons (Fsp3) is 0.364. The Bertz CT molecular complexity index is 476. The molecule has 0 aliphatic heterocycles. The van der Waals surface area contributed by atoms with Gasteiger partial charge in [-0.1, -0.05) is 0 Å². The van der Waals surface area contributed by atoms with Crippen LogP contribution >= 0.6 is 15.9 Å². The highest BCUT2D eigenvalue weighted by molar-refractivity contribution is 9.10. The van der Waals surface area contributed by atoms with Gasteiger partial charge in [-0.25, -0.2) is 4.98 Å². The summed E-state index contributed by atoms with van der Waals surface area (Å²) in [5.74, 6) is 0. The quantitative estimate of drug-likeness (QED) is 0.927. The minimum Gasteiger partial charge on any atom is -0.333 e. The number of nitrogens with zero attached hydrogens (tertiary/aromatic N) is 2. The van der Waals surface area contributed by atoms with Crippen LogP contribution in [0.1, 0.15) is 12.0 Å². The standard InChI is InChI=1S/C11H14BrN3/c1-15-7-14-10-6-8(3-2-4-13)5-9(12)11(10)15/h5-7H,2-4,13H2,1H3. The van der Waals surface area contributed by atoms with Crippen LogP contribution in [0.4, 0.5) is 0 Å². The number of nitrogens with two attached hydrogens (primary N) is 1. The lowest BCUT2D eigenvalue weighted by atomic mass is 10.1. The topological polar surface area (TPSA) is 43.8 Å². The first-order valence-corrected chi connectivity index (χ1v) is 5.81. The molecule has 0 radical (unpaired) electrons. The lowest BCUT2D eigenvalue weighted by Gasteiger charge is -2.03. The molecule has 0 fully saturated rings. The van der Waals surface area contributed by atoms with Gasteiger partial charge in [0.15, 0.2) is 0 Å². The number of hydrogen-bond acceptors (Lipinski definition) is 2. The number of benzene rings is 1. The predicted molar refractivity (Wildman–Crippen MR) is 65.8 cm³/mol. The van der Waals surface area contributed by atoms with Crippen molar-refractivity contribution in [3.8, 4) is 0 Å². The molecule has 2 aromatic rings. The number of fused-ring (bicyclic) bond motifs is 1. The second-order valence-corrected chi connectivity index (χ2v) is 4.55. The van der Waals surface area contributed by atoms with Gasteiger partial charge in [0.25, 0.3) is 0 Å².